The van der Waals surface area contributed by atoms with E-state index in [-0.39, 0.29) is 0 Å². The van der Waals surface area contributed by atoms with Gasteiger partial charge in [-0.3, -0.25) is 4.98 Å². The van der Waals surface area contributed by atoms with Crippen molar-refractivity contribution < 1.29 is 5.11 Å². The van der Waals surface area contributed by atoms with Crippen molar-refractivity contribution in [2.24, 2.45) is 0 Å². The van der Waals surface area contributed by atoms with E-state index in [0.717, 1.165) is 0 Å². The van der Waals surface area contributed by atoms with Gasteiger partial charge in [-0.25, -0.2) is 0 Å². The predicted octanol–water partition coefficient (Wildman–Crippen LogP) is 2.40. The molecule has 0 bridgehead atoms. The molecule has 1 heterocycles. The molecule has 16 heavy (non-hydrogen) atoms. The molecule has 0 saturated heterocycles. The van der Waals surface area contributed by atoms with Crippen LogP contribution in [0, 0.1) is 0 Å². The summed E-state index contributed by atoms with van der Waals surface area (Å²) in [6.45, 7) is 0. The summed E-state index contributed by atoms with van der Waals surface area (Å²) in [6, 6.07) is 10.4. The third-order valence-electron chi connectivity index (χ3n) is 2.31. The van der Waals surface area contributed by atoms with Crippen molar-refractivity contribution in [1.82, 2.24) is 4.98 Å². The topological polar surface area (TPSA) is 59.1 Å². The first-order valence-electron chi connectivity index (χ1n) is 4.82. The number of pyridine rings is 1. The molecule has 1 unspecified atom stereocenters. The minimum absolute atomic E-state index is 0.464. The zero-order valence-electron chi connectivity index (χ0n) is 8.47. The highest BCUT2D eigenvalue weighted by molar-refractivity contribution is 6.30. The average Bonchev–Trinajstić information content (AvgIpc) is 2.29. The molecule has 0 radical (unpaired) electrons. The van der Waals surface area contributed by atoms with E-state index >= 15 is 0 Å². The van der Waals surface area contributed by atoms with E-state index in [0.29, 0.717) is 22.0 Å². The Morgan fingerprint density at radius 1 is 1.25 bits per heavy atom. The molecule has 0 fully saturated rings. The number of aromatic nitrogens is 1. The van der Waals surface area contributed by atoms with E-state index in [1.54, 1.807) is 36.5 Å². The molecule has 0 saturated carbocycles. The van der Waals surface area contributed by atoms with Crippen LogP contribution in [0.1, 0.15) is 17.4 Å². The summed E-state index contributed by atoms with van der Waals surface area (Å²) >= 11 is 5.79. The molecule has 3 N–H and O–H groups in total. The largest absolute Gasteiger partial charge is 0.398 e. The Labute approximate surface area is 98.5 Å². The molecular weight excluding hydrogens is 224 g/mol. The lowest BCUT2D eigenvalue weighted by molar-refractivity contribution is 0.216. The van der Waals surface area contributed by atoms with Gasteiger partial charge in [0.1, 0.15) is 6.10 Å². The molecule has 0 aliphatic carbocycles. The van der Waals surface area contributed by atoms with Crippen molar-refractivity contribution in [3.8, 4) is 0 Å². The molecule has 0 spiro atoms. The number of hydrogen-bond donors (Lipinski definition) is 2. The van der Waals surface area contributed by atoms with Gasteiger partial charge in [-0.05, 0) is 24.3 Å². The van der Waals surface area contributed by atoms with Crippen LogP contribution in [0.4, 0.5) is 5.69 Å². The van der Waals surface area contributed by atoms with Gasteiger partial charge in [0.05, 0.1) is 5.69 Å². The lowest BCUT2D eigenvalue weighted by Gasteiger charge is -2.12. The van der Waals surface area contributed by atoms with Crippen LogP contribution in [-0.2, 0) is 0 Å². The van der Waals surface area contributed by atoms with Crippen LogP contribution < -0.4 is 5.73 Å². The van der Waals surface area contributed by atoms with E-state index in [4.69, 9.17) is 17.3 Å². The molecule has 2 rings (SSSR count). The van der Waals surface area contributed by atoms with Gasteiger partial charge in [-0.15, -0.1) is 0 Å². The van der Waals surface area contributed by atoms with E-state index in [1.807, 2.05) is 6.07 Å². The minimum atomic E-state index is -0.821. The smallest absolute Gasteiger partial charge is 0.123 e. The Morgan fingerprint density at radius 2 is 2.06 bits per heavy atom. The molecule has 0 amide bonds. The highest BCUT2D eigenvalue weighted by atomic mass is 35.5. The molecule has 82 valence electrons. The van der Waals surface area contributed by atoms with Gasteiger partial charge in [0.2, 0.25) is 0 Å². The third kappa shape index (κ3) is 2.15. The number of nitrogen functional groups attached to an aromatic ring is 1. The number of rotatable bonds is 2. The summed E-state index contributed by atoms with van der Waals surface area (Å²) in [5.74, 6) is 0. The molecular formula is C12H11ClN2O. The summed E-state index contributed by atoms with van der Waals surface area (Å²) in [5.41, 5.74) is 7.43. The van der Waals surface area contributed by atoms with E-state index < -0.39 is 6.10 Å². The Hall–Kier alpha value is -1.58. The second-order valence-electron chi connectivity index (χ2n) is 3.43. The normalized spacial score (nSPS) is 12.4. The van der Waals surface area contributed by atoms with Gasteiger partial charge in [0.25, 0.3) is 0 Å². The van der Waals surface area contributed by atoms with Gasteiger partial charge in [0.15, 0.2) is 0 Å². The summed E-state index contributed by atoms with van der Waals surface area (Å²) in [4.78, 5) is 4.08. The number of benzene rings is 1. The van der Waals surface area contributed by atoms with Crippen molar-refractivity contribution in [3.63, 3.8) is 0 Å². The van der Waals surface area contributed by atoms with Gasteiger partial charge < -0.3 is 10.8 Å². The van der Waals surface area contributed by atoms with Gasteiger partial charge >= 0.3 is 0 Å². The minimum Gasteiger partial charge on any atom is -0.398 e. The molecule has 0 aliphatic rings. The zero-order valence-corrected chi connectivity index (χ0v) is 9.22. The summed E-state index contributed by atoms with van der Waals surface area (Å²) in [7, 11) is 0. The maximum atomic E-state index is 10.1. The van der Waals surface area contributed by atoms with E-state index in [1.165, 1.54) is 0 Å². The maximum Gasteiger partial charge on any atom is 0.123 e. The predicted molar refractivity (Wildman–Crippen MR) is 64.2 cm³/mol. The molecule has 1 atom stereocenters. The van der Waals surface area contributed by atoms with Crippen molar-refractivity contribution in [1.29, 1.82) is 0 Å². The number of anilines is 1. The van der Waals surface area contributed by atoms with Crippen LogP contribution >= 0.6 is 11.6 Å². The standard InChI is InChI=1S/C12H11ClN2O/c13-8-4-5-9(10(14)7-8)12(16)11-3-1-2-6-15-11/h1-7,12,16H,14H2. The lowest BCUT2D eigenvalue weighted by atomic mass is 10.0. The first-order chi connectivity index (χ1) is 7.68. The number of halogens is 1. The molecule has 4 heteroatoms. The van der Waals surface area contributed by atoms with Crippen LogP contribution in [-0.4, -0.2) is 10.1 Å². The number of nitrogens with zero attached hydrogens (tertiary/aromatic N) is 1. The van der Waals surface area contributed by atoms with Crippen LogP contribution in [0.25, 0.3) is 0 Å². The maximum absolute atomic E-state index is 10.1. The zero-order chi connectivity index (χ0) is 11.5. The van der Waals surface area contributed by atoms with Crippen LogP contribution in [0.2, 0.25) is 5.02 Å². The number of aliphatic hydroxyl groups is 1. The second kappa shape index (κ2) is 4.51. The van der Waals surface area contributed by atoms with Gasteiger partial charge in [0, 0.05) is 22.5 Å². The molecule has 2 aromatic rings. The SMILES string of the molecule is Nc1cc(Cl)ccc1C(O)c1ccccn1. The van der Waals surface area contributed by atoms with Crippen molar-refractivity contribution in [3.05, 3.63) is 58.9 Å². The Bertz CT molecular complexity index is 488. The van der Waals surface area contributed by atoms with E-state index in [2.05, 4.69) is 4.98 Å². The average molecular weight is 235 g/mol. The number of nitrogens with two attached hydrogens (primary N) is 1. The summed E-state index contributed by atoms with van der Waals surface area (Å²) in [5, 5.41) is 10.6. The summed E-state index contributed by atoms with van der Waals surface area (Å²) < 4.78 is 0. The third-order valence-corrected chi connectivity index (χ3v) is 2.55. The van der Waals surface area contributed by atoms with Crippen LogP contribution in [0.5, 0.6) is 0 Å². The van der Waals surface area contributed by atoms with Gasteiger partial charge in [-0.1, -0.05) is 23.7 Å². The first kappa shape index (κ1) is 10.9. The quantitative estimate of drug-likeness (QED) is 0.785. The number of aliphatic hydroxyl groups excluding tert-OH is 1. The molecule has 3 nitrogen and oxygen atoms in total. The molecule has 1 aromatic heterocycles. The van der Waals surface area contributed by atoms with Crippen molar-refractivity contribution in [2.75, 3.05) is 5.73 Å². The Kier molecular flexibility index (Phi) is 3.08. The Morgan fingerprint density at radius 3 is 2.69 bits per heavy atom. The van der Waals surface area contributed by atoms with E-state index in [9.17, 15) is 5.11 Å². The monoisotopic (exact) mass is 234 g/mol. The fourth-order valence-electron chi connectivity index (χ4n) is 1.49. The lowest BCUT2D eigenvalue weighted by Crippen LogP contribution is -2.05. The fourth-order valence-corrected chi connectivity index (χ4v) is 1.67. The highest BCUT2D eigenvalue weighted by Crippen LogP contribution is 2.27. The van der Waals surface area contributed by atoms with Crippen molar-refractivity contribution >= 4 is 17.3 Å². The Balaban J connectivity index is 2.38. The first-order valence-corrected chi connectivity index (χ1v) is 5.20. The molecule has 1 aromatic carbocycles. The van der Waals surface area contributed by atoms with Crippen molar-refractivity contribution in [2.45, 2.75) is 6.10 Å². The highest BCUT2D eigenvalue weighted by Gasteiger charge is 2.14. The fraction of sp³-hybridized carbons (Fsp3) is 0.0833. The number of hydrogen-bond acceptors (Lipinski definition) is 3. The van der Waals surface area contributed by atoms with Gasteiger partial charge in [-0.2, -0.15) is 0 Å². The second-order valence-corrected chi connectivity index (χ2v) is 3.87. The summed E-state index contributed by atoms with van der Waals surface area (Å²) in [6.07, 6.45) is 0.809. The van der Waals surface area contributed by atoms with Crippen LogP contribution in [0.15, 0.2) is 42.6 Å². The van der Waals surface area contributed by atoms with Crippen LogP contribution in [0.3, 0.4) is 0 Å². The molecule has 0 aliphatic heterocycles.